The van der Waals surface area contributed by atoms with Gasteiger partial charge in [-0.05, 0) is 36.8 Å². The third-order valence-electron chi connectivity index (χ3n) is 3.88. The van der Waals surface area contributed by atoms with Crippen molar-refractivity contribution in [1.29, 1.82) is 5.26 Å². The van der Waals surface area contributed by atoms with E-state index in [0.29, 0.717) is 11.3 Å². The van der Waals surface area contributed by atoms with Gasteiger partial charge in [0, 0.05) is 6.20 Å². The fraction of sp³-hybridized carbons (Fsp3) is 0.176. The Morgan fingerprint density at radius 3 is 2.57 bits per heavy atom. The monoisotopic (exact) mass is 306 g/mol. The first-order valence-electron chi connectivity index (χ1n) is 7.09. The average molecular weight is 306 g/mol. The van der Waals surface area contributed by atoms with Crippen molar-refractivity contribution in [3.05, 3.63) is 65.5 Å². The van der Waals surface area contributed by atoms with E-state index in [4.69, 9.17) is 5.26 Å². The fourth-order valence-corrected chi connectivity index (χ4v) is 2.54. The molecule has 0 spiro atoms. The molecule has 2 heterocycles. The molecule has 1 fully saturated rings. The van der Waals surface area contributed by atoms with E-state index in [2.05, 4.69) is 10.3 Å². The molecule has 1 aromatic carbocycles. The Bertz CT molecular complexity index is 796. The molecule has 1 saturated heterocycles. The van der Waals surface area contributed by atoms with Crippen LogP contribution in [-0.2, 0) is 16.9 Å². The number of nitriles is 1. The Kier molecular flexibility index (Phi) is 3.54. The summed E-state index contributed by atoms with van der Waals surface area (Å²) in [5.74, 6) is -0.342. The summed E-state index contributed by atoms with van der Waals surface area (Å²) in [5.41, 5.74) is 0.646. The number of aromatic nitrogens is 1. The maximum absolute atomic E-state index is 12.7. The van der Waals surface area contributed by atoms with Gasteiger partial charge in [-0.1, -0.05) is 18.2 Å². The number of carbonyl (C=O) groups excluding carboxylic acids is 2. The van der Waals surface area contributed by atoms with Crippen molar-refractivity contribution < 1.29 is 9.59 Å². The van der Waals surface area contributed by atoms with E-state index >= 15 is 0 Å². The van der Waals surface area contributed by atoms with E-state index in [-0.39, 0.29) is 12.5 Å². The lowest BCUT2D eigenvalue weighted by Gasteiger charge is -2.20. The summed E-state index contributed by atoms with van der Waals surface area (Å²) in [6.07, 6.45) is 1.59. The predicted octanol–water partition coefficient (Wildman–Crippen LogP) is 1.92. The van der Waals surface area contributed by atoms with Gasteiger partial charge in [-0.25, -0.2) is 4.79 Å². The smallest absolute Gasteiger partial charge is 0.318 e. The van der Waals surface area contributed by atoms with Crippen LogP contribution in [-0.4, -0.2) is 21.8 Å². The first-order valence-corrected chi connectivity index (χ1v) is 7.09. The third-order valence-corrected chi connectivity index (χ3v) is 3.88. The number of urea groups is 1. The molecule has 3 rings (SSSR count). The summed E-state index contributed by atoms with van der Waals surface area (Å²) in [5, 5.41) is 11.5. The molecule has 0 aliphatic carbocycles. The molecule has 1 atom stereocenters. The van der Waals surface area contributed by atoms with Gasteiger partial charge in [0.15, 0.2) is 5.54 Å². The number of carbonyl (C=O) groups is 2. The van der Waals surface area contributed by atoms with Gasteiger partial charge in [0.05, 0.1) is 23.9 Å². The molecule has 1 aliphatic heterocycles. The maximum Gasteiger partial charge on any atom is 0.325 e. The van der Waals surface area contributed by atoms with Crippen LogP contribution < -0.4 is 5.32 Å². The summed E-state index contributed by atoms with van der Waals surface area (Å²) in [6, 6.07) is 13.6. The van der Waals surface area contributed by atoms with E-state index in [1.54, 1.807) is 55.6 Å². The number of amides is 3. The summed E-state index contributed by atoms with van der Waals surface area (Å²) in [7, 11) is 0. The minimum Gasteiger partial charge on any atom is -0.318 e. The van der Waals surface area contributed by atoms with Crippen LogP contribution in [0.3, 0.4) is 0 Å². The topological polar surface area (TPSA) is 86.1 Å². The summed E-state index contributed by atoms with van der Waals surface area (Å²) >= 11 is 0. The van der Waals surface area contributed by atoms with Crippen LogP contribution in [0.25, 0.3) is 0 Å². The second-order valence-corrected chi connectivity index (χ2v) is 5.47. The van der Waals surface area contributed by atoms with Crippen LogP contribution in [0.4, 0.5) is 4.79 Å². The average Bonchev–Trinajstić information content (AvgIpc) is 2.81. The van der Waals surface area contributed by atoms with Crippen LogP contribution in [0.1, 0.15) is 23.7 Å². The molecule has 1 aliphatic rings. The van der Waals surface area contributed by atoms with Crippen LogP contribution in [0.15, 0.2) is 48.7 Å². The van der Waals surface area contributed by atoms with Crippen LogP contribution >= 0.6 is 0 Å². The molecular weight excluding hydrogens is 292 g/mol. The van der Waals surface area contributed by atoms with E-state index in [0.717, 1.165) is 10.5 Å². The Labute approximate surface area is 133 Å². The number of pyridine rings is 1. The van der Waals surface area contributed by atoms with Gasteiger partial charge in [0.1, 0.15) is 0 Å². The highest BCUT2D eigenvalue weighted by Crippen LogP contribution is 2.28. The van der Waals surface area contributed by atoms with Crippen molar-refractivity contribution in [1.82, 2.24) is 15.2 Å². The predicted molar refractivity (Wildman–Crippen MR) is 81.8 cm³/mol. The SMILES string of the molecule is C[C@@]1(c2ccccn2)NC(=O)N(Cc2ccc(C#N)cc2)C1=O. The Balaban J connectivity index is 1.85. The van der Waals surface area contributed by atoms with E-state index < -0.39 is 11.6 Å². The van der Waals surface area contributed by atoms with Gasteiger partial charge >= 0.3 is 6.03 Å². The summed E-state index contributed by atoms with van der Waals surface area (Å²) in [4.78, 5) is 30.3. The molecule has 1 N–H and O–H groups in total. The molecule has 3 amide bonds. The highest BCUT2D eigenvalue weighted by atomic mass is 16.2. The van der Waals surface area contributed by atoms with Crippen LogP contribution in [0, 0.1) is 11.3 Å². The van der Waals surface area contributed by atoms with Crippen molar-refractivity contribution in [2.75, 3.05) is 0 Å². The van der Waals surface area contributed by atoms with Gasteiger partial charge < -0.3 is 5.32 Å². The van der Waals surface area contributed by atoms with Gasteiger partial charge in [0.25, 0.3) is 5.91 Å². The van der Waals surface area contributed by atoms with Crippen LogP contribution in [0.5, 0.6) is 0 Å². The summed E-state index contributed by atoms with van der Waals surface area (Å²) in [6.45, 7) is 1.80. The molecule has 2 aromatic rings. The lowest BCUT2D eigenvalue weighted by molar-refractivity contribution is -0.131. The second kappa shape index (κ2) is 5.54. The number of nitrogens with zero attached hydrogens (tertiary/aromatic N) is 3. The van der Waals surface area contributed by atoms with E-state index in [1.165, 1.54) is 0 Å². The van der Waals surface area contributed by atoms with Gasteiger partial charge in [-0.15, -0.1) is 0 Å². The van der Waals surface area contributed by atoms with Gasteiger partial charge in [-0.3, -0.25) is 14.7 Å². The first kappa shape index (κ1) is 14.7. The third kappa shape index (κ3) is 2.53. The number of imide groups is 1. The normalized spacial score (nSPS) is 20.3. The lowest BCUT2D eigenvalue weighted by Crippen LogP contribution is -2.41. The Morgan fingerprint density at radius 2 is 1.96 bits per heavy atom. The second-order valence-electron chi connectivity index (χ2n) is 5.47. The zero-order valence-corrected chi connectivity index (χ0v) is 12.5. The molecule has 0 unspecified atom stereocenters. The van der Waals surface area contributed by atoms with E-state index in [1.807, 2.05) is 6.07 Å². The molecule has 0 radical (unpaired) electrons. The largest absolute Gasteiger partial charge is 0.325 e. The molecule has 1 aromatic heterocycles. The number of hydrogen-bond acceptors (Lipinski definition) is 4. The highest BCUT2D eigenvalue weighted by Gasteiger charge is 2.49. The van der Waals surface area contributed by atoms with Crippen molar-refractivity contribution in [2.45, 2.75) is 19.0 Å². The molecule has 23 heavy (non-hydrogen) atoms. The van der Waals surface area contributed by atoms with Crippen molar-refractivity contribution in [2.24, 2.45) is 0 Å². The molecule has 6 heteroatoms. The van der Waals surface area contributed by atoms with Crippen LogP contribution in [0.2, 0.25) is 0 Å². The minimum absolute atomic E-state index is 0.152. The van der Waals surface area contributed by atoms with E-state index in [9.17, 15) is 9.59 Å². The van der Waals surface area contributed by atoms with Crippen molar-refractivity contribution >= 4 is 11.9 Å². The van der Waals surface area contributed by atoms with Crippen molar-refractivity contribution in [3.63, 3.8) is 0 Å². The maximum atomic E-state index is 12.7. The number of rotatable bonds is 3. The molecule has 114 valence electrons. The zero-order valence-electron chi connectivity index (χ0n) is 12.5. The van der Waals surface area contributed by atoms with Gasteiger partial charge in [-0.2, -0.15) is 5.26 Å². The van der Waals surface area contributed by atoms with Crippen molar-refractivity contribution in [3.8, 4) is 6.07 Å². The Morgan fingerprint density at radius 1 is 1.22 bits per heavy atom. The summed E-state index contributed by atoms with van der Waals surface area (Å²) < 4.78 is 0. The molecular formula is C17H14N4O2. The minimum atomic E-state index is -1.16. The standard InChI is InChI=1S/C17H14N4O2/c1-17(14-4-2-3-9-19-14)15(22)21(16(23)20-17)11-13-7-5-12(10-18)6-8-13/h2-9H,11H2,1H3,(H,20,23)/t17-/m0/s1. The number of benzene rings is 1. The van der Waals surface area contributed by atoms with Gasteiger partial charge in [0.2, 0.25) is 0 Å². The number of hydrogen-bond donors (Lipinski definition) is 1. The fourth-order valence-electron chi connectivity index (χ4n) is 2.54. The lowest BCUT2D eigenvalue weighted by atomic mass is 9.97. The first-order chi connectivity index (χ1) is 11.0. The quantitative estimate of drug-likeness (QED) is 0.878. The molecule has 6 nitrogen and oxygen atoms in total. The highest BCUT2D eigenvalue weighted by molar-refractivity contribution is 6.06. The molecule has 0 saturated carbocycles. The Hall–Kier alpha value is -3.20. The molecule has 0 bridgehead atoms. The zero-order chi connectivity index (χ0) is 16.4. The number of nitrogens with one attached hydrogen (secondary N) is 1.